The fourth-order valence-corrected chi connectivity index (χ4v) is 2.23. The van der Waals surface area contributed by atoms with Gasteiger partial charge in [-0.05, 0) is 24.8 Å². The molecule has 0 spiro atoms. The fourth-order valence-electron chi connectivity index (χ4n) is 2.23. The number of hydrogen-bond donors (Lipinski definition) is 1. The molecular weight excluding hydrogens is 257 g/mol. The first-order valence-corrected chi connectivity index (χ1v) is 5.89. The topological polar surface area (TPSA) is 44.5 Å². The Morgan fingerprint density at radius 3 is 2.61 bits per heavy atom. The molecule has 0 unspecified atom stereocenters. The summed E-state index contributed by atoms with van der Waals surface area (Å²) >= 11 is 0. The van der Waals surface area contributed by atoms with E-state index in [2.05, 4.69) is 0 Å². The van der Waals surface area contributed by atoms with Crippen molar-refractivity contribution in [3.63, 3.8) is 0 Å². The summed E-state index contributed by atoms with van der Waals surface area (Å²) in [6.07, 6.45) is 1.79. The van der Waals surface area contributed by atoms with Gasteiger partial charge < -0.3 is 15.2 Å². The minimum Gasteiger partial charge on any atom is -0.497 e. The SMILES string of the molecule is COc1ccc([C@@H](N)C2CCOCC2)c(F)c1.Cl. The summed E-state index contributed by atoms with van der Waals surface area (Å²) in [6, 6.07) is 4.59. The van der Waals surface area contributed by atoms with Crippen LogP contribution in [0.4, 0.5) is 4.39 Å². The first kappa shape index (κ1) is 15.2. The molecular formula is C13H19ClFNO2. The first-order valence-electron chi connectivity index (χ1n) is 5.89. The smallest absolute Gasteiger partial charge is 0.131 e. The minimum absolute atomic E-state index is 0. The summed E-state index contributed by atoms with van der Waals surface area (Å²) < 4.78 is 24.1. The molecule has 18 heavy (non-hydrogen) atoms. The van der Waals surface area contributed by atoms with Gasteiger partial charge in [0.25, 0.3) is 0 Å². The van der Waals surface area contributed by atoms with E-state index in [1.54, 1.807) is 12.1 Å². The lowest BCUT2D eigenvalue weighted by atomic mass is 9.87. The van der Waals surface area contributed by atoms with Crippen LogP contribution in [0.2, 0.25) is 0 Å². The van der Waals surface area contributed by atoms with Gasteiger partial charge in [0.2, 0.25) is 0 Å². The average Bonchev–Trinajstić information content (AvgIpc) is 2.39. The van der Waals surface area contributed by atoms with E-state index in [9.17, 15) is 4.39 Å². The van der Waals surface area contributed by atoms with Crippen molar-refractivity contribution in [3.05, 3.63) is 29.6 Å². The van der Waals surface area contributed by atoms with Gasteiger partial charge in [-0.3, -0.25) is 0 Å². The van der Waals surface area contributed by atoms with Crippen LogP contribution in [0.25, 0.3) is 0 Å². The van der Waals surface area contributed by atoms with Crippen LogP contribution in [0.5, 0.6) is 5.75 Å². The van der Waals surface area contributed by atoms with E-state index in [0.717, 1.165) is 26.1 Å². The van der Waals surface area contributed by atoms with Gasteiger partial charge in [0.05, 0.1) is 7.11 Å². The Morgan fingerprint density at radius 2 is 2.06 bits per heavy atom. The third-order valence-corrected chi connectivity index (χ3v) is 3.34. The molecule has 1 aromatic carbocycles. The second-order valence-electron chi connectivity index (χ2n) is 4.36. The molecule has 0 radical (unpaired) electrons. The molecule has 0 amide bonds. The molecule has 2 rings (SSSR count). The zero-order valence-electron chi connectivity index (χ0n) is 10.4. The molecule has 1 atom stereocenters. The molecule has 102 valence electrons. The molecule has 1 aliphatic rings. The van der Waals surface area contributed by atoms with Crippen LogP contribution < -0.4 is 10.5 Å². The van der Waals surface area contributed by atoms with E-state index < -0.39 is 0 Å². The second kappa shape index (κ2) is 6.92. The molecule has 3 nitrogen and oxygen atoms in total. The molecule has 0 saturated carbocycles. The Morgan fingerprint density at radius 1 is 1.39 bits per heavy atom. The molecule has 0 aliphatic carbocycles. The quantitative estimate of drug-likeness (QED) is 0.922. The van der Waals surface area contributed by atoms with Crippen LogP contribution in [0.3, 0.4) is 0 Å². The second-order valence-corrected chi connectivity index (χ2v) is 4.36. The number of rotatable bonds is 3. The summed E-state index contributed by atoms with van der Waals surface area (Å²) in [7, 11) is 1.52. The predicted molar refractivity (Wildman–Crippen MR) is 70.7 cm³/mol. The highest BCUT2D eigenvalue weighted by molar-refractivity contribution is 5.85. The third kappa shape index (κ3) is 3.34. The van der Waals surface area contributed by atoms with E-state index in [0.29, 0.717) is 17.2 Å². The van der Waals surface area contributed by atoms with Crippen molar-refractivity contribution in [2.24, 2.45) is 11.7 Å². The van der Waals surface area contributed by atoms with Crippen LogP contribution in [0, 0.1) is 11.7 Å². The van der Waals surface area contributed by atoms with Crippen molar-refractivity contribution in [1.29, 1.82) is 0 Å². The lowest BCUT2D eigenvalue weighted by Crippen LogP contribution is -2.28. The van der Waals surface area contributed by atoms with E-state index >= 15 is 0 Å². The van der Waals surface area contributed by atoms with Crippen LogP contribution in [0.15, 0.2) is 18.2 Å². The molecule has 0 aromatic heterocycles. The molecule has 1 fully saturated rings. The van der Waals surface area contributed by atoms with Gasteiger partial charge in [0.1, 0.15) is 11.6 Å². The van der Waals surface area contributed by atoms with Gasteiger partial charge in [-0.15, -0.1) is 12.4 Å². The van der Waals surface area contributed by atoms with Gasteiger partial charge in [-0.1, -0.05) is 6.07 Å². The maximum atomic E-state index is 13.9. The van der Waals surface area contributed by atoms with Crippen LogP contribution in [-0.4, -0.2) is 20.3 Å². The van der Waals surface area contributed by atoms with Crippen molar-refractivity contribution in [3.8, 4) is 5.75 Å². The van der Waals surface area contributed by atoms with E-state index in [-0.39, 0.29) is 24.3 Å². The summed E-state index contributed by atoms with van der Waals surface area (Å²) in [4.78, 5) is 0. The Bertz CT molecular complexity index is 383. The number of ether oxygens (including phenoxy) is 2. The third-order valence-electron chi connectivity index (χ3n) is 3.34. The molecule has 1 saturated heterocycles. The zero-order chi connectivity index (χ0) is 12.3. The first-order chi connectivity index (χ1) is 8.22. The average molecular weight is 276 g/mol. The maximum absolute atomic E-state index is 13.9. The summed E-state index contributed by atoms with van der Waals surface area (Å²) in [5, 5.41) is 0. The Kier molecular flexibility index (Phi) is 5.85. The monoisotopic (exact) mass is 275 g/mol. The number of nitrogens with two attached hydrogens (primary N) is 1. The summed E-state index contributed by atoms with van der Waals surface area (Å²) in [5.74, 6) is 0.528. The van der Waals surface area contributed by atoms with Crippen molar-refractivity contribution >= 4 is 12.4 Å². The lowest BCUT2D eigenvalue weighted by molar-refractivity contribution is 0.0580. The molecule has 0 bridgehead atoms. The standard InChI is InChI=1S/C13H18FNO2.ClH/c1-16-10-2-3-11(12(14)8-10)13(15)9-4-6-17-7-5-9;/h2-3,8-9,13H,4-7,15H2,1H3;1H/t13-;/m0./s1. The summed E-state index contributed by atoms with van der Waals surface area (Å²) in [6.45, 7) is 1.44. The van der Waals surface area contributed by atoms with Crippen LogP contribution in [0.1, 0.15) is 24.4 Å². The van der Waals surface area contributed by atoms with E-state index in [1.807, 2.05) is 0 Å². The Hall–Kier alpha value is -0.840. The Labute approximate surface area is 113 Å². The van der Waals surface area contributed by atoms with Crippen molar-refractivity contribution in [2.75, 3.05) is 20.3 Å². The molecule has 5 heteroatoms. The van der Waals surface area contributed by atoms with Gasteiger partial charge in [-0.2, -0.15) is 0 Å². The van der Waals surface area contributed by atoms with Crippen LogP contribution >= 0.6 is 12.4 Å². The molecule has 2 N–H and O–H groups in total. The molecule has 1 heterocycles. The predicted octanol–water partition coefficient (Wildman–Crippen LogP) is 2.68. The highest BCUT2D eigenvalue weighted by Gasteiger charge is 2.24. The van der Waals surface area contributed by atoms with Gasteiger partial charge in [0, 0.05) is 30.9 Å². The van der Waals surface area contributed by atoms with E-state index in [1.165, 1.54) is 13.2 Å². The van der Waals surface area contributed by atoms with Crippen molar-refractivity contribution in [2.45, 2.75) is 18.9 Å². The fraction of sp³-hybridized carbons (Fsp3) is 0.538. The number of halogens is 2. The normalized spacial score (nSPS) is 17.9. The zero-order valence-corrected chi connectivity index (χ0v) is 11.2. The summed E-state index contributed by atoms with van der Waals surface area (Å²) in [5.41, 5.74) is 6.69. The largest absolute Gasteiger partial charge is 0.497 e. The highest BCUT2D eigenvalue weighted by atomic mass is 35.5. The van der Waals surface area contributed by atoms with Gasteiger partial charge in [-0.25, -0.2) is 4.39 Å². The number of hydrogen-bond acceptors (Lipinski definition) is 3. The molecule has 1 aromatic rings. The van der Waals surface area contributed by atoms with E-state index in [4.69, 9.17) is 15.2 Å². The van der Waals surface area contributed by atoms with Crippen LogP contribution in [-0.2, 0) is 4.74 Å². The van der Waals surface area contributed by atoms with Crippen molar-refractivity contribution in [1.82, 2.24) is 0 Å². The van der Waals surface area contributed by atoms with Crippen molar-refractivity contribution < 1.29 is 13.9 Å². The molecule has 1 aliphatic heterocycles. The highest BCUT2D eigenvalue weighted by Crippen LogP contribution is 2.30. The number of benzene rings is 1. The van der Waals surface area contributed by atoms with Gasteiger partial charge >= 0.3 is 0 Å². The maximum Gasteiger partial charge on any atom is 0.131 e. The van der Waals surface area contributed by atoms with Gasteiger partial charge in [0.15, 0.2) is 0 Å². The Balaban J connectivity index is 0.00000162. The minimum atomic E-state index is -0.289. The number of methoxy groups -OCH3 is 1. The lowest BCUT2D eigenvalue weighted by Gasteiger charge is -2.28.